The summed E-state index contributed by atoms with van der Waals surface area (Å²) in [5.74, 6) is 1.74. The maximum Gasteiger partial charge on any atom is 0.166 e. The highest BCUT2D eigenvalue weighted by molar-refractivity contribution is 7.98. The molecule has 0 aliphatic carbocycles. The Labute approximate surface area is 113 Å². The summed E-state index contributed by atoms with van der Waals surface area (Å²) in [7, 11) is 0. The maximum atomic E-state index is 9.29. The first-order valence-corrected chi connectivity index (χ1v) is 7.69. The summed E-state index contributed by atoms with van der Waals surface area (Å²) >= 11 is 1.82. The second-order valence-electron chi connectivity index (χ2n) is 3.94. The van der Waals surface area contributed by atoms with E-state index < -0.39 is 0 Å². The average Bonchev–Trinajstić information content (AvgIpc) is 2.42. The molecule has 1 aromatic heterocycles. The zero-order valence-corrected chi connectivity index (χ0v) is 12.1. The Kier molecular flexibility index (Phi) is 6.51. The molecule has 0 spiro atoms. The SMILES string of the molecule is CCc1nnc(NCCCSC)c(C#N)c1CC. The molecule has 0 saturated carbocycles. The Morgan fingerprint density at radius 2 is 2.06 bits per heavy atom. The lowest BCUT2D eigenvalue weighted by Crippen LogP contribution is -2.11. The molecule has 1 heterocycles. The topological polar surface area (TPSA) is 61.6 Å². The fourth-order valence-electron chi connectivity index (χ4n) is 1.84. The number of anilines is 1. The Balaban J connectivity index is 2.89. The number of rotatable bonds is 7. The molecule has 1 aromatic rings. The largest absolute Gasteiger partial charge is 0.367 e. The molecular weight excluding hydrogens is 244 g/mol. The normalized spacial score (nSPS) is 10.1. The fraction of sp³-hybridized carbons (Fsp3) is 0.615. The van der Waals surface area contributed by atoms with Gasteiger partial charge in [0.1, 0.15) is 11.6 Å². The number of hydrogen-bond donors (Lipinski definition) is 1. The van der Waals surface area contributed by atoms with E-state index in [0.29, 0.717) is 11.4 Å². The summed E-state index contributed by atoms with van der Waals surface area (Å²) in [6.45, 7) is 4.92. The smallest absolute Gasteiger partial charge is 0.166 e. The van der Waals surface area contributed by atoms with Crippen molar-refractivity contribution in [3.05, 3.63) is 16.8 Å². The van der Waals surface area contributed by atoms with Crippen LogP contribution in [-0.2, 0) is 12.8 Å². The first-order chi connectivity index (χ1) is 8.78. The number of aryl methyl sites for hydroxylation is 1. The first-order valence-electron chi connectivity index (χ1n) is 6.29. The van der Waals surface area contributed by atoms with E-state index in [9.17, 15) is 5.26 Å². The van der Waals surface area contributed by atoms with Gasteiger partial charge in [0.2, 0.25) is 0 Å². The van der Waals surface area contributed by atoms with Gasteiger partial charge in [-0.1, -0.05) is 13.8 Å². The van der Waals surface area contributed by atoms with Crippen LogP contribution in [0.25, 0.3) is 0 Å². The molecule has 0 aliphatic heterocycles. The molecular formula is C13H20N4S. The number of nitrogens with one attached hydrogen (secondary N) is 1. The summed E-state index contributed by atoms with van der Waals surface area (Å²) in [5, 5.41) is 20.8. The van der Waals surface area contributed by atoms with Gasteiger partial charge in [0.05, 0.1) is 5.69 Å². The summed E-state index contributed by atoms with van der Waals surface area (Å²) in [4.78, 5) is 0. The van der Waals surface area contributed by atoms with Gasteiger partial charge in [-0.25, -0.2) is 0 Å². The summed E-state index contributed by atoms with van der Waals surface area (Å²) in [5.41, 5.74) is 2.62. The van der Waals surface area contributed by atoms with Gasteiger partial charge in [0, 0.05) is 6.54 Å². The van der Waals surface area contributed by atoms with Gasteiger partial charge in [-0.2, -0.15) is 22.1 Å². The number of nitriles is 1. The molecule has 0 saturated heterocycles. The van der Waals surface area contributed by atoms with Crippen molar-refractivity contribution in [1.29, 1.82) is 5.26 Å². The minimum absolute atomic E-state index is 0.632. The third-order valence-corrected chi connectivity index (χ3v) is 3.47. The van der Waals surface area contributed by atoms with Crippen LogP contribution in [0.15, 0.2) is 0 Å². The molecule has 0 radical (unpaired) electrons. The van der Waals surface area contributed by atoms with Crippen molar-refractivity contribution in [3.63, 3.8) is 0 Å². The van der Waals surface area contributed by atoms with Gasteiger partial charge < -0.3 is 5.32 Å². The summed E-state index contributed by atoms with van der Waals surface area (Å²) in [6.07, 6.45) is 4.79. The van der Waals surface area contributed by atoms with Gasteiger partial charge in [0.15, 0.2) is 5.82 Å². The molecule has 0 amide bonds. The monoisotopic (exact) mass is 264 g/mol. The highest BCUT2D eigenvalue weighted by Gasteiger charge is 2.13. The average molecular weight is 264 g/mol. The van der Waals surface area contributed by atoms with Crippen LogP contribution >= 0.6 is 11.8 Å². The number of nitrogens with zero attached hydrogens (tertiary/aromatic N) is 3. The fourth-order valence-corrected chi connectivity index (χ4v) is 2.27. The van der Waals surface area contributed by atoms with Crippen LogP contribution in [-0.4, -0.2) is 28.8 Å². The van der Waals surface area contributed by atoms with E-state index in [-0.39, 0.29) is 0 Å². The van der Waals surface area contributed by atoms with Gasteiger partial charge in [-0.05, 0) is 36.8 Å². The van der Waals surface area contributed by atoms with Gasteiger partial charge in [-0.3, -0.25) is 0 Å². The maximum absolute atomic E-state index is 9.29. The molecule has 0 fully saturated rings. The van der Waals surface area contributed by atoms with Crippen LogP contribution in [0.4, 0.5) is 5.82 Å². The quantitative estimate of drug-likeness (QED) is 0.767. The molecule has 1 N–H and O–H groups in total. The van der Waals surface area contributed by atoms with E-state index in [4.69, 9.17) is 0 Å². The number of hydrogen-bond acceptors (Lipinski definition) is 5. The standard InChI is InChI=1S/C13H20N4S/c1-4-10-11(9-14)13(15-7-6-8-18-3)17-16-12(10)5-2/h4-8H2,1-3H3,(H,15,17). The van der Waals surface area contributed by atoms with Crippen LogP contribution in [0.3, 0.4) is 0 Å². The van der Waals surface area contributed by atoms with Crippen molar-refractivity contribution in [2.75, 3.05) is 23.9 Å². The van der Waals surface area contributed by atoms with E-state index >= 15 is 0 Å². The third-order valence-electron chi connectivity index (χ3n) is 2.78. The molecule has 0 unspecified atom stereocenters. The summed E-state index contributed by atoms with van der Waals surface area (Å²) < 4.78 is 0. The van der Waals surface area contributed by atoms with Crippen LogP contribution in [0.1, 0.15) is 37.1 Å². The molecule has 5 heteroatoms. The van der Waals surface area contributed by atoms with Crippen LogP contribution < -0.4 is 5.32 Å². The molecule has 0 bridgehead atoms. The zero-order chi connectivity index (χ0) is 13.4. The number of thioether (sulfide) groups is 1. The lowest BCUT2D eigenvalue weighted by atomic mass is 10.0. The van der Waals surface area contributed by atoms with Crippen LogP contribution in [0.5, 0.6) is 0 Å². The molecule has 0 aromatic carbocycles. The second-order valence-corrected chi connectivity index (χ2v) is 4.93. The molecule has 0 atom stereocenters. The highest BCUT2D eigenvalue weighted by Crippen LogP contribution is 2.19. The van der Waals surface area contributed by atoms with Crippen molar-refractivity contribution < 1.29 is 0 Å². The highest BCUT2D eigenvalue weighted by atomic mass is 32.2. The Morgan fingerprint density at radius 3 is 2.61 bits per heavy atom. The Morgan fingerprint density at radius 1 is 1.28 bits per heavy atom. The van der Waals surface area contributed by atoms with E-state index in [0.717, 1.165) is 42.8 Å². The van der Waals surface area contributed by atoms with E-state index in [2.05, 4.69) is 34.8 Å². The molecule has 18 heavy (non-hydrogen) atoms. The minimum Gasteiger partial charge on any atom is -0.367 e. The lowest BCUT2D eigenvalue weighted by molar-refractivity contribution is 0.864. The first kappa shape index (κ1) is 14.8. The molecule has 98 valence electrons. The van der Waals surface area contributed by atoms with Gasteiger partial charge in [-0.15, -0.1) is 5.10 Å². The second kappa shape index (κ2) is 7.93. The van der Waals surface area contributed by atoms with Crippen LogP contribution in [0, 0.1) is 11.3 Å². The zero-order valence-electron chi connectivity index (χ0n) is 11.3. The summed E-state index contributed by atoms with van der Waals surface area (Å²) in [6, 6.07) is 2.26. The van der Waals surface area contributed by atoms with Crippen molar-refractivity contribution in [2.45, 2.75) is 33.1 Å². The van der Waals surface area contributed by atoms with Crippen molar-refractivity contribution in [1.82, 2.24) is 10.2 Å². The predicted octanol–water partition coefficient (Wildman–Crippen LogP) is 2.64. The predicted molar refractivity (Wildman–Crippen MR) is 77.0 cm³/mol. The van der Waals surface area contributed by atoms with Gasteiger partial charge >= 0.3 is 0 Å². The number of aromatic nitrogens is 2. The van der Waals surface area contributed by atoms with E-state index in [1.807, 2.05) is 18.7 Å². The third kappa shape index (κ3) is 3.61. The molecule has 0 aliphatic rings. The van der Waals surface area contributed by atoms with Gasteiger partial charge in [0.25, 0.3) is 0 Å². The minimum atomic E-state index is 0.632. The van der Waals surface area contributed by atoms with Crippen molar-refractivity contribution >= 4 is 17.6 Å². The van der Waals surface area contributed by atoms with E-state index in [1.165, 1.54) is 0 Å². The Hall–Kier alpha value is -1.28. The van der Waals surface area contributed by atoms with E-state index in [1.54, 1.807) is 0 Å². The van der Waals surface area contributed by atoms with Crippen molar-refractivity contribution in [2.24, 2.45) is 0 Å². The molecule has 4 nitrogen and oxygen atoms in total. The molecule has 1 rings (SSSR count). The lowest BCUT2D eigenvalue weighted by Gasteiger charge is -2.11. The Bertz CT molecular complexity index is 426. The van der Waals surface area contributed by atoms with Crippen LogP contribution in [0.2, 0.25) is 0 Å². The van der Waals surface area contributed by atoms with Crippen molar-refractivity contribution in [3.8, 4) is 6.07 Å².